The van der Waals surface area contributed by atoms with Gasteiger partial charge >= 0.3 is 0 Å². The topological polar surface area (TPSA) is 93.0 Å². The molecule has 0 radical (unpaired) electrons. The van der Waals surface area contributed by atoms with E-state index in [1.165, 1.54) is 0 Å². The molecule has 4 heteroatoms. The summed E-state index contributed by atoms with van der Waals surface area (Å²) in [6.07, 6.45) is 1.37. The van der Waals surface area contributed by atoms with Gasteiger partial charge in [-0.15, -0.1) is 0 Å². The van der Waals surface area contributed by atoms with Crippen molar-refractivity contribution in [3.05, 3.63) is 0 Å². The first-order chi connectivity index (χ1) is 4.13. The number of amides is 1. The van der Waals surface area contributed by atoms with Crippen LogP contribution in [0.1, 0.15) is 19.3 Å². The number of hydrogen-bond donors (Lipinski definition) is 3. The van der Waals surface area contributed by atoms with Gasteiger partial charge in [-0.2, -0.15) is 0 Å². The van der Waals surface area contributed by atoms with Gasteiger partial charge in [0.1, 0.15) is 0 Å². The van der Waals surface area contributed by atoms with Crippen molar-refractivity contribution in [1.82, 2.24) is 0 Å². The molecular formula is C5H11N3O. The molecule has 1 amide bonds. The normalized spacial score (nSPS) is 8.89. The van der Waals surface area contributed by atoms with Gasteiger partial charge in [-0.3, -0.25) is 10.2 Å². The zero-order valence-electron chi connectivity index (χ0n) is 5.18. The number of nitrogens with two attached hydrogens (primary N) is 2. The first kappa shape index (κ1) is 7.94. The van der Waals surface area contributed by atoms with Crippen LogP contribution in [0.4, 0.5) is 0 Å². The molecule has 0 rings (SSSR count). The fraction of sp³-hybridized carbons (Fsp3) is 0.600. The van der Waals surface area contributed by atoms with E-state index < -0.39 is 0 Å². The Morgan fingerprint density at radius 3 is 2.22 bits per heavy atom. The molecule has 0 saturated heterocycles. The van der Waals surface area contributed by atoms with Crippen molar-refractivity contribution >= 4 is 11.7 Å². The van der Waals surface area contributed by atoms with Crippen molar-refractivity contribution in [3.63, 3.8) is 0 Å². The highest BCUT2D eigenvalue weighted by atomic mass is 16.1. The van der Waals surface area contributed by atoms with E-state index in [2.05, 4.69) is 0 Å². The fourth-order valence-electron chi connectivity index (χ4n) is 0.453. The van der Waals surface area contributed by atoms with Gasteiger partial charge in [0.05, 0.1) is 5.84 Å². The lowest BCUT2D eigenvalue weighted by Crippen LogP contribution is -2.13. The molecule has 0 atom stereocenters. The van der Waals surface area contributed by atoms with Gasteiger partial charge in [-0.05, 0) is 6.42 Å². The number of hydrogen-bond acceptors (Lipinski definition) is 2. The number of nitrogens with one attached hydrogen (secondary N) is 1. The summed E-state index contributed by atoms with van der Waals surface area (Å²) in [6, 6.07) is 0. The summed E-state index contributed by atoms with van der Waals surface area (Å²) < 4.78 is 0. The summed E-state index contributed by atoms with van der Waals surface area (Å²) in [5.41, 5.74) is 9.84. The number of amidine groups is 1. The van der Waals surface area contributed by atoms with Crippen LogP contribution in [-0.2, 0) is 4.79 Å². The largest absolute Gasteiger partial charge is 0.388 e. The van der Waals surface area contributed by atoms with E-state index in [4.69, 9.17) is 16.9 Å². The van der Waals surface area contributed by atoms with Crippen LogP contribution in [0.5, 0.6) is 0 Å². The Kier molecular flexibility index (Phi) is 3.43. The molecule has 0 aromatic heterocycles. The molecular weight excluding hydrogens is 118 g/mol. The first-order valence-electron chi connectivity index (χ1n) is 2.74. The monoisotopic (exact) mass is 129 g/mol. The summed E-state index contributed by atoms with van der Waals surface area (Å²) in [5.74, 6) is -0.229. The third-order valence-electron chi connectivity index (χ3n) is 0.869. The Morgan fingerprint density at radius 2 is 1.89 bits per heavy atom. The lowest BCUT2D eigenvalue weighted by molar-refractivity contribution is -0.118. The predicted molar refractivity (Wildman–Crippen MR) is 35.0 cm³/mol. The van der Waals surface area contributed by atoms with Crippen LogP contribution in [0.3, 0.4) is 0 Å². The zero-order valence-corrected chi connectivity index (χ0v) is 5.18. The highest BCUT2D eigenvalue weighted by Crippen LogP contribution is 1.91. The quantitative estimate of drug-likeness (QED) is 0.355. The van der Waals surface area contributed by atoms with Crippen LogP contribution in [-0.4, -0.2) is 11.7 Å². The molecule has 5 N–H and O–H groups in total. The van der Waals surface area contributed by atoms with E-state index in [1.807, 2.05) is 0 Å². The van der Waals surface area contributed by atoms with Gasteiger partial charge in [0, 0.05) is 12.8 Å². The highest BCUT2D eigenvalue weighted by Gasteiger charge is 1.94. The van der Waals surface area contributed by atoms with Crippen molar-refractivity contribution in [2.45, 2.75) is 19.3 Å². The fourth-order valence-corrected chi connectivity index (χ4v) is 0.453. The van der Waals surface area contributed by atoms with Gasteiger partial charge in [-0.1, -0.05) is 0 Å². The van der Waals surface area contributed by atoms with Gasteiger partial charge in [-0.25, -0.2) is 0 Å². The summed E-state index contributed by atoms with van der Waals surface area (Å²) >= 11 is 0. The van der Waals surface area contributed by atoms with Crippen LogP contribution in [0.15, 0.2) is 0 Å². The average molecular weight is 129 g/mol. The molecule has 0 spiro atoms. The minimum Gasteiger partial charge on any atom is -0.388 e. The number of carbonyl (C=O) groups is 1. The number of primary amides is 1. The maximum absolute atomic E-state index is 10.1. The van der Waals surface area contributed by atoms with Crippen LogP contribution in [0.25, 0.3) is 0 Å². The van der Waals surface area contributed by atoms with Crippen molar-refractivity contribution in [2.24, 2.45) is 11.5 Å². The molecule has 0 bridgehead atoms. The maximum atomic E-state index is 10.1. The second-order valence-corrected chi connectivity index (χ2v) is 1.85. The molecule has 0 aromatic rings. The molecule has 0 aliphatic heterocycles. The molecule has 0 heterocycles. The minimum atomic E-state index is -0.337. The number of carbonyl (C=O) groups excluding carboxylic acids is 1. The Labute approximate surface area is 53.7 Å². The van der Waals surface area contributed by atoms with Gasteiger partial charge < -0.3 is 11.5 Å². The molecule has 0 aliphatic carbocycles. The van der Waals surface area contributed by atoms with E-state index in [-0.39, 0.29) is 11.7 Å². The Balaban J connectivity index is 3.10. The zero-order chi connectivity index (χ0) is 7.28. The van der Waals surface area contributed by atoms with Crippen molar-refractivity contribution < 1.29 is 4.79 Å². The van der Waals surface area contributed by atoms with Crippen molar-refractivity contribution in [1.29, 1.82) is 5.41 Å². The van der Waals surface area contributed by atoms with E-state index in [1.54, 1.807) is 0 Å². The van der Waals surface area contributed by atoms with Gasteiger partial charge in [0.15, 0.2) is 0 Å². The van der Waals surface area contributed by atoms with Crippen LogP contribution in [0.2, 0.25) is 0 Å². The summed E-state index contributed by atoms with van der Waals surface area (Å²) in [4.78, 5) is 10.1. The second-order valence-electron chi connectivity index (χ2n) is 1.85. The lowest BCUT2D eigenvalue weighted by Gasteiger charge is -1.93. The van der Waals surface area contributed by atoms with Crippen molar-refractivity contribution in [2.75, 3.05) is 0 Å². The Morgan fingerprint density at radius 1 is 1.33 bits per heavy atom. The SMILES string of the molecule is N=C(N)CCCC(N)=O. The molecule has 0 aliphatic rings. The molecule has 9 heavy (non-hydrogen) atoms. The van der Waals surface area contributed by atoms with Crippen LogP contribution in [0, 0.1) is 5.41 Å². The summed E-state index contributed by atoms with van der Waals surface area (Å²) in [7, 11) is 0. The first-order valence-corrected chi connectivity index (χ1v) is 2.74. The highest BCUT2D eigenvalue weighted by molar-refractivity contribution is 5.78. The second kappa shape index (κ2) is 3.88. The maximum Gasteiger partial charge on any atom is 0.217 e. The average Bonchev–Trinajstić information content (AvgIpc) is 1.63. The molecule has 0 saturated carbocycles. The van der Waals surface area contributed by atoms with Gasteiger partial charge in [0.25, 0.3) is 0 Å². The van der Waals surface area contributed by atoms with E-state index in [9.17, 15) is 4.79 Å². The van der Waals surface area contributed by atoms with Crippen LogP contribution < -0.4 is 11.5 Å². The standard InChI is InChI=1S/C5H11N3O/c6-4(7)2-1-3-5(8)9/h1-3H2,(H3,6,7)(H2,8,9). The molecule has 0 fully saturated rings. The van der Waals surface area contributed by atoms with Crippen LogP contribution >= 0.6 is 0 Å². The minimum absolute atomic E-state index is 0.108. The summed E-state index contributed by atoms with van der Waals surface area (Å²) in [6.45, 7) is 0. The van der Waals surface area contributed by atoms with E-state index in [0.717, 1.165) is 0 Å². The third-order valence-corrected chi connectivity index (χ3v) is 0.869. The predicted octanol–water partition coefficient (Wildman–Crippen LogP) is -0.422. The van der Waals surface area contributed by atoms with Crippen molar-refractivity contribution in [3.8, 4) is 0 Å². The third kappa shape index (κ3) is 6.94. The smallest absolute Gasteiger partial charge is 0.217 e. The molecule has 0 unspecified atom stereocenters. The summed E-state index contributed by atoms with van der Waals surface area (Å²) in [5, 5.41) is 6.76. The number of rotatable bonds is 4. The van der Waals surface area contributed by atoms with E-state index in [0.29, 0.717) is 19.3 Å². The molecule has 52 valence electrons. The lowest BCUT2D eigenvalue weighted by atomic mass is 10.2. The van der Waals surface area contributed by atoms with Gasteiger partial charge in [0.2, 0.25) is 5.91 Å². The Bertz CT molecular complexity index is 107. The molecule has 0 aromatic carbocycles. The molecule has 4 nitrogen and oxygen atoms in total. The Hall–Kier alpha value is -1.06. The van der Waals surface area contributed by atoms with E-state index >= 15 is 0 Å².